The summed E-state index contributed by atoms with van der Waals surface area (Å²) in [5, 5.41) is 23.5. The van der Waals surface area contributed by atoms with Crippen LogP contribution in [0.25, 0.3) is 0 Å². The van der Waals surface area contributed by atoms with Crippen molar-refractivity contribution in [3.63, 3.8) is 0 Å². The van der Waals surface area contributed by atoms with Crippen molar-refractivity contribution in [2.24, 2.45) is 7.05 Å². The second-order valence-corrected chi connectivity index (χ2v) is 4.23. The number of aliphatic carboxylic acids is 1. The van der Waals surface area contributed by atoms with Crippen molar-refractivity contribution in [3.05, 3.63) is 0 Å². The summed E-state index contributed by atoms with van der Waals surface area (Å²) in [5.74, 6) is -0.156. The third-order valence-electron chi connectivity index (χ3n) is 1.97. The summed E-state index contributed by atoms with van der Waals surface area (Å²) < 4.78 is 1.56. The van der Waals surface area contributed by atoms with Crippen LogP contribution in [0.2, 0.25) is 0 Å². The number of tetrazole rings is 1. The summed E-state index contributed by atoms with van der Waals surface area (Å²) in [6.07, 6.45) is 0.542. The number of aromatic nitrogens is 4. The van der Waals surface area contributed by atoms with Crippen LogP contribution >= 0.6 is 11.8 Å². The smallest absolute Gasteiger partial charge is 0.320 e. The number of aryl methyl sites for hydroxylation is 1. The van der Waals surface area contributed by atoms with Gasteiger partial charge in [-0.15, -0.1) is 5.10 Å². The van der Waals surface area contributed by atoms with Crippen molar-refractivity contribution < 1.29 is 9.90 Å². The van der Waals surface area contributed by atoms with Gasteiger partial charge in [0.25, 0.3) is 0 Å². The van der Waals surface area contributed by atoms with Gasteiger partial charge >= 0.3 is 5.97 Å². The normalized spacial score (nSPS) is 12.6. The molecular weight excluding hydrogens is 230 g/mol. The van der Waals surface area contributed by atoms with Gasteiger partial charge in [0.05, 0.1) is 0 Å². The molecule has 2 N–H and O–H groups in total. The Morgan fingerprint density at radius 1 is 1.69 bits per heavy atom. The van der Waals surface area contributed by atoms with Crippen molar-refractivity contribution in [1.82, 2.24) is 25.5 Å². The average molecular weight is 245 g/mol. The van der Waals surface area contributed by atoms with Crippen molar-refractivity contribution >= 4 is 17.7 Å². The molecule has 1 rings (SSSR count). The minimum Gasteiger partial charge on any atom is -0.480 e. The molecule has 1 atom stereocenters. The highest BCUT2D eigenvalue weighted by molar-refractivity contribution is 7.99. The topological polar surface area (TPSA) is 92.9 Å². The number of thioether (sulfide) groups is 1. The fourth-order valence-corrected chi connectivity index (χ4v) is 2.02. The molecule has 1 aromatic rings. The van der Waals surface area contributed by atoms with Gasteiger partial charge in [0, 0.05) is 12.8 Å². The summed E-state index contributed by atoms with van der Waals surface area (Å²) in [6.45, 7) is 2.53. The first kappa shape index (κ1) is 12.9. The SMILES string of the molecule is CCNC(CCSc1nnnn1C)C(=O)O. The molecule has 0 radical (unpaired) electrons. The number of rotatable bonds is 7. The Morgan fingerprint density at radius 3 is 2.94 bits per heavy atom. The van der Waals surface area contributed by atoms with E-state index in [0.29, 0.717) is 23.9 Å². The minimum absolute atomic E-state index is 0.501. The van der Waals surface area contributed by atoms with Gasteiger partial charge in [0.15, 0.2) is 0 Å². The first-order valence-corrected chi connectivity index (χ1v) is 5.95. The lowest BCUT2D eigenvalue weighted by molar-refractivity contribution is -0.139. The fraction of sp³-hybridized carbons (Fsp3) is 0.750. The minimum atomic E-state index is -0.821. The van der Waals surface area contributed by atoms with E-state index in [9.17, 15) is 4.79 Å². The Balaban J connectivity index is 2.33. The van der Waals surface area contributed by atoms with Crippen LogP contribution in [0.5, 0.6) is 0 Å². The molecular formula is C8H15N5O2S. The van der Waals surface area contributed by atoms with E-state index in [-0.39, 0.29) is 0 Å². The van der Waals surface area contributed by atoms with E-state index >= 15 is 0 Å². The molecule has 0 aromatic carbocycles. The number of carboxylic acids is 1. The zero-order valence-electron chi connectivity index (χ0n) is 9.25. The van der Waals surface area contributed by atoms with E-state index in [2.05, 4.69) is 20.8 Å². The van der Waals surface area contributed by atoms with Crippen molar-refractivity contribution in [1.29, 1.82) is 0 Å². The summed E-state index contributed by atoms with van der Waals surface area (Å²) in [7, 11) is 1.75. The number of likely N-dealkylation sites (N-methyl/N-ethyl adjacent to an activating group) is 1. The molecule has 0 saturated carbocycles. The molecule has 0 aliphatic heterocycles. The van der Waals surface area contributed by atoms with Crippen molar-refractivity contribution in [2.75, 3.05) is 12.3 Å². The van der Waals surface area contributed by atoms with Crippen LogP contribution < -0.4 is 5.32 Å². The lowest BCUT2D eigenvalue weighted by atomic mass is 10.2. The number of hydrogen-bond acceptors (Lipinski definition) is 6. The molecule has 0 spiro atoms. The first-order valence-electron chi connectivity index (χ1n) is 4.96. The van der Waals surface area contributed by atoms with Gasteiger partial charge in [-0.25, -0.2) is 4.68 Å². The maximum atomic E-state index is 10.8. The first-order chi connectivity index (χ1) is 7.65. The molecule has 1 aromatic heterocycles. The summed E-state index contributed by atoms with van der Waals surface area (Å²) in [4.78, 5) is 10.8. The second kappa shape index (κ2) is 6.44. The van der Waals surface area contributed by atoms with Gasteiger partial charge in [-0.3, -0.25) is 4.79 Å². The van der Waals surface area contributed by atoms with Crippen LogP contribution in [0.3, 0.4) is 0 Å². The third kappa shape index (κ3) is 3.78. The Kier molecular flexibility index (Phi) is 5.20. The molecule has 1 heterocycles. The van der Waals surface area contributed by atoms with Crippen LogP contribution in [-0.2, 0) is 11.8 Å². The Morgan fingerprint density at radius 2 is 2.44 bits per heavy atom. The molecule has 0 bridgehead atoms. The zero-order valence-corrected chi connectivity index (χ0v) is 10.1. The van der Waals surface area contributed by atoms with Crippen LogP contribution in [0, 0.1) is 0 Å². The molecule has 0 aliphatic carbocycles. The van der Waals surface area contributed by atoms with Gasteiger partial charge in [-0.05, 0) is 23.4 Å². The number of carboxylic acid groups (broad SMARTS) is 1. The maximum absolute atomic E-state index is 10.8. The van der Waals surface area contributed by atoms with Gasteiger partial charge in [-0.2, -0.15) is 0 Å². The highest BCUT2D eigenvalue weighted by atomic mass is 32.2. The van der Waals surface area contributed by atoms with E-state index in [1.807, 2.05) is 6.92 Å². The standard InChI is InChI=1S/C8H15N5O2S/c1-3-9-6(7(14)15)4-5-16-8-10-11-12-13(8)2/h6,9H,3-5H2,1-2H3,(H,14,15). The predicted molar refractivity (Wildman–Crippen MR) is 59.2 cm³/mol. The molecule has 0 fully saturated rings. The molecule has 16 heavy (non-hydrogen) atoms. The average Bonchev–Trinajstić information content (AvgIpc) is 2.63. The third-order valence-corrected chi connectivity index (χ3v) is 3.01. The fourth-order valence-electron chi connectivity index (χ4n) is 1.17. The molecule has 7 nitrogen and oxygen atoms in total. The number of hydrogen-bond donors (Lipinski definition) is 2. The summed E-state index contributed by atoms with van der Waals surface area (Å²) in [5.41, 5.74) is 0. The van der Waals surface area contributed by atoms with Gasteiger partial charge in [-0.1, -0.05) is 18.7 Å². The molecule has 8 heteroatoms. The van der Waals surface area contributed by atoms with Crippen molar-refractivity contribution in [3.8, 4) is 0 Å². The van der Waals surface area contributed by atoms with Crippen LogP contribution in [0.1, 0.15) is 13.3 Å². The molecule has 0 saturated heterocycles. The summed E-state index contributed by atoms with van der Waals surface area (Å²) >= 11 is 1.45. The maximum Gasteiger partial charge on any atom is 0.320 e. The summed E-state index contributed by atoms with van der Waals surface area (Å²) in [6, 6.07) is -0.501. The molecule has 0 aliphatic rings. The zero-order chi connectivity index (χ0) is 12.0. The van der Waals surface area contributed by atoms with Crippen LogP contribution in [0.4, 0.5) is 0 Å². The number of carbonyl (C=O) groups is 1. The molecule has 1 unspecified atom stereocenters. The number of nitrogens with zero attached hydrogens (tertiary/aromatic N) is 4. The van der Waals surface area contributed by atoms with Gasteiger partial charge < -0.3 is 10.4 Å². The Bertz CT molecular complexity index is 343. The van der Waals surface area contributed by atoms with E-state index in [0.717, 1.165) is 0 Å². The number of nitrogens with one attached hydrogen (secondary N) is 1. The van der Waals surface area contributed by atoms with Crippen LogP contribution in [-0.4, -0.2) is 49.6 Å². The predicted octanol–water partition coefficient (Wildman–Crippen LogP) is -0.245. The second-order valence-electron chi connectivity index (χ2n) is 3.17. The quantitative estimate of drug-likeness (QED) is 0.640. The lowest BCUT2D eigenvalue weighted by Crippen LogP contribution is -2.36. The highest BCUT2D eigenvalue weighted by Gasteiger charge is 2.15. The van der Waals surface area contributed by atoms with Gasteiger partial charge in [0.1, 0.15) is 6.04 Å². The monoisotopic (exact) mass is 245 g/mol. The highest BCUT2D eigenvalue weighted by Crippen LogP contribution is 2.14. The molecule has 0 amide bonds. The van der Waals surface area contributed by atoms with E-state index in [1.54, 1.807) is 11.7 Å². The largest absolute Gasteiger partial charge is 0.480 e. The lowest BCUT2D eigenvalue weighted by Gasteiger charge is -2.11. The van der Waals surface area contributed by atoms with E-state index in [1.165, 1.54) is 11.8 Å². The van der Waals surface area contributed by atoms with Crippen molar-refractivity contribution in [2.45, 2.75) is 24.5 Å². The van der Waals surface area contributed by atoms with Gasteiger partial charge in [0.2, 0.25) is 5.16 Å². The Hall–Kier alpha value is -1.15. The van der Waals surface area contributed by atoms with E-state index in [4.69, 9.17) is 5.11 Å². The van der Waals surface area contributed by atoms with E-state index < -0.39 is 12.0 Å². The van der Waals surface area contributed by atoms with Crippen LogP contribution in [0.15, 0.2) is 5.16 Å². The molecule has 90 valence electrons. The Labute approximate surface area is 97.6 Å².